The summed E-state index contributed by atoms with van der Waals surface area (Å²) >= 11 is 0. The summed E-state index contributed by atoms with van der Waals surface area (Å²) in [5.74, 6) is -0.589. The molecule has 0 atom stereocenters. The molecule has 0 aromatic heterocycles. The van der Waals surface area contributed by atoms with Crippen LogP contribution in [0.1, 0.15) is 15.9 Å². The average molecular weight is 364 g/mol. The van der Waals surface area contributed by atoms with Gasteiger partial charge in [0.15, 0.2) is 0 Å². The van der Waals surface area contributed by atoms with E-state index in [2.05, 4.69) is 0 Å². The normalized spacial score (nSPS) is 11.5. The SMILES string of the molecule is COc1ccc(S(=O)(=O)N(CCO)Cc2ccccc2)cc1C(N)=O. The summed E-state index contributed by atoms with van der Waals surface area (Å²) in [6.45, 7) is -0.304. The lowest BCUT2D eigenvalue weighted by molar-refractivity contribution is 0.0997. The van der Waals surface area contributed by atoms with Crippen LogP contribution in [0.3, 0.4) is 0 Å². The fourth-order valence-corrected chi connectivity index (χ4v) is 3.82. The number of methoxy groups -OCH3 is 1. The van der Waals surface area contributed by atoms with Gasteiger partial charge in [-0.25, -0.2) is 8.42 Å². The summed E-state index contributed by atoms with van der Waals surface area (Å²) in [6, 6.07) is 12.9. The molecule has 0 aliphatic carbocycles. The van der Waals surface area contributed by atoms with Crippen LogP contribution < -0.4 is 10.5 Å². The van der Waals surface area contributed by atoms with E-state index in [9.17, 15) is 18.3 Å². The molecule has 1 amide bonds. The van der Waals surface area contributed by atoms with E-state index >= 15 is 0 Å². The Hall–Kier alpha value is -2.42. The van der Waals surface area contributed by atoms with E-state index in [0.29, 0.717) is 0 Å². The fourth-order valence-electron chi connectivity index (χ4n) is 2.37. The largest absolute Gasteiger partial charge is 0.496 e. The van der Waals surface area contributed by atoms with Crippen molar-refractivity contribution >= 4 is 15.9 Å². The van der Waals surface area contributed by atoms with Gasteiger partial charge in [-0.1, -0.05) is 30.3 Å². The second-order valence-electron chi connectivity index (χ2n) is 5.27. The van der Waals surface area contributed by atoms with E-state index in [4.69, 9.17) is 10.5 Å². The maximum absolute atomic E-state index is 12.9. The molecule has 0 aliphatic rings. The van der Waals surface area contributed by atoms with Crippen LogP contribution in [0, 0.1) is 0 Å². The summed E-state index contributed by atoms with van der Waals surface area (Å²) in [5, 5.41) is 9.25. The lowest BCUT2D eigenvalue weighted by Gasteiger charge is -2.22. The number of carbonyl (C=O) groups excluding carboxylic acids is 1. The van der Waals surface area contributed by atoms with Crippen molar-refractivity contribution in [2.45, 2.75) is 11.4 Å². The van der Waals surface area contributed by atoms with Gasteiger partial charge in [-0.2, -0.15) is 4.31 Å². The molecule has 8 heteroatoms. The molecule has 2 aromatic rings. The predicted molar refractivity (Wildman–Crippen MR) is 92.6 cm³/mol. The van der Waals surface area contributed by atoms with Crippen molar-refractivity contribution in [1.29, 1.82) is 0 Å². The second-order valence-corrected chi connectivity index (χ2v) is 7.21. The highest BCUT2D eigenvalue weighted by Gasteiger charge is 2.26. The van der Waals surface area contributed by atoms with Gasteiger partial charge < -0.3 is 15.6 Å². The highest BCUT2D eigenvalue weighted by molar-refractivity contribution is 7.89. The van der Waals surface area contributed by atoms with Crippen LogP contribution in [0.2, 0.25) is 0 Å². The van der Waals surface area contributed by atoms with Crippen LogP contribution in [0.25, 0.3) is 0 Å². The van der Waals surface area contributed by atoms with E-state index < -0.39 is 15.9 Å². The minimum Gasteiger partial charge on any atom is -0.496 e. The Balaban J connectivity index is 2.43. The first-order valence-electron chi connectivity index (χ1n) is 7.53. The Kier molecular flexibility index (Phi) is 6.13. The van der Waals surface area contributed by atoms with Crippen LogP contribution in [0.4, 0.5) is 0 Å². The van der Waals surface area contributed by atoms with Crippen molar-refractivity contribution in [3.63, 3.8) is 0 Å². The number of carbonyl (C=O) groups is 1. The zero-order valence-corrected chi connectivity index (χ0v) is 14.6. The summed E-state index contributed by atoms with van der Waals surface area (Å²) in [7, 11) is -2.57. The number of amides is 1. The molecule has 134 valence electrons. The van der Waals surface area contributed by atoms with E-state index in [1.807, 2.05) is 6.07 Å². The van der Waals surface area contributed by atoms with E-state index in [1.165, 1.54) is 25.3 Å². The Morgan fingerprint density at radius 3 is 2.44 bits per heavy atom. The van der Waals surface area contributed by atoms with Gasteiger partial charge >= 0.3 is 0 Å². The molecule has 0 fully saturated rings. The minimum atomic E-state index is -3.93. The summed E-state index contributed by atoms with van der Waals surface area (Å²) in [4.78, 5) is 11.4. The average Bonchev–Trinajstić information content (AvgIpc) is 2.61. The second kappa shape index (κ2) is 8.11. The molecule has 0 saturated heterocycles. The smallest absolute Gasteiger partial charge is 0.252 e. The number of ether oxygens (including phenoxy) is 1. The van der Waals surface area contributed by atoms with Gasteiger partial charge in [-0.05, 0) is 23.8 Å². The van der Waals surface area contributed by atoms with Crippen molar-refractivity contribution in [1.82, 2.24) is 4.31 Å². The minimum absolute atomic E-state index is 0.0211. The molecule has 2 aromatic carbocycles. The topological polar surface area (TPSA) is 110 Å². The van der Waals surface area contributed by atoms with Gasteiger partial charge in [0.2, 0.25) is 10.0 Å². The van der Waals surface area contributed by atoms with Gasteiger partial charge in [0, 0.05) is 13.1 Å². The highest BCUT2D eigenvalue weighted by atomic mass is 32.2. The first-order chi connectivity index (χ1) is 11.9. The number of rotatable bonds is 8. The molecule has 2 rings (SSSR count). The first kappa shape index (κ1) is 18.9. The Morgan fingerprint density at radius 2 is 1.88 bits per heavy atom. The maximum Gasteiger partial charge on any atom is 0.252 e. The number of benzene rings is 2. The van der Waals surface area contributed by atoms with Crippen LogP contribution in [0.5, 0.6) is 5.75 Å². The summed E-state index contributed by atoms with van der Waals surface area (Å²) < 4.78 is 32.0. The van der Waals surface area contributed by atoms with E-state index in [-0.39, 0.29) is 35.9 Å². The summed E-state index contributed by atoms with van der Waals surface area (Å²) in [5.41, 5.74) is 6.05. The molecule has 0 radical (unpaired) electrons. The van der Waals surface area contributed by atoms with Crippen molar-refractivity contribution < 1.29 is 23.1 Å². The van der Waals surface area contributed by atoms with Crippen LogP contribution in [-0.4, -0.2) is 44.0 Å². The van der Waals surface area contributed by atoms with Gasteiger partial charge in [-0.3, -0.25) is 4.79 Å². The van der Waals surface area contributed by atoms with Gasteiger partial charge in [0.05, 0.1) is 24.2 Å². The molecule has 0 bridgehead atoms. The number of hydrogen-bond acceptors (Lipinski definition) is 5. The maximum atomic E-state index is 12.9. The molecule has 3 N–H and O–H groups in total. The van der Waals surface area contributed by atoms with E-state index in [0.717, 1.165) is 9.87 Å². The standard InChI is InChI=1S/C17H20N2O5S/c1-24-16-8-7-14(11-15(16)17(18)21)25(22,23)19(9-10-20)12-13-5-3-2-4-6-13/h2-8,11,20H,9-10,12H2,1H3,(H2,18,21). The molecule has 0 spiro atoms. The molecular weight excluding hydrogens is 344 g/mol. The number of aliphatic hydroxyl groups is 1. The Bertz CT molecular complexity index is 837. The number of sulfonamides is 1. The van der Waals surface area contributed by atoms with Gasteiger partial charge in [0.25, 0.3) is 5.91 Å². The third-order valence-corrected chi connectivity index (χ3v) is 5.47. The molecule has 7 nitrogen and oxygen atoms in total. The highest BCUT2D eigenvalue weighted by Crippen LogP contribution is 2.25. The van der Waals surface area contributed by atoms with Gasteiger partial charge in [0.1, 0.15) is 5.75 Å². The third kappa shape index (κ3) is 4.36. The molecule has 0 aliphatic heterocycles. The first-order valence-corrected chi connectivity index (χ1v) is 8.97. The molecule has 0 unspecified atom stereocenters. The van der Waals surface area contributed by atoms with Crippen LogP contribution in [0.15, 0.2) is 53.4 Å². The van der Waals surface area contributed by atoms with Crippen molar-refractivity contribution in [3.05, 3.63) is 59.7 Å². The molecule has 0 heterocycles. The number of nitrogens with zero attached hydrogens (tertiary/aromatic N) is 1. The lowest BCUT2D eigenvalue weighted by Crippen LogP contribution is -2.33. The molecule has 0 saturated carbocycles. The molecular formula is C17H20N2O5S. The summed E-state index contributed by atoms with van der Waals surface area (Å²) in [6.07, 6.45) is 0. The molecule has 25 heavy (non-hydrogen) atoms. The van der Waals surface area contributed by atoms with Gasteiger partial charge in [-0.15, -0.1) is 0 Å². The third-order valence-electron chi connectivity index (χ3n) is 3.63. The Labute approximate surface area is 146 Å². The lowest BCUT2D eigenvalue weighted by atomic mass is 10.2. The van der Waals surface area contributed by atoms with Crippen LogP contribution >= 0.6 is 0 Å². The fraction of sp³-hybridized carbons (Fsp3) is 0.235. The van der Waals surface area contributed by atoms with E-state index in [1.54, 1.807) is 24.3 Å². The van der Waals surface area contributed by atoms with Crippen molar-refractivity contribution in [2.75, 3.05) is 20.3 Å². The zero-order valence-electron chi connectivity index (χ0n) is 13.8. The monoisotopic (exact) mass is 364 g/mol. The van der Waals surface area contributed by atoms with Crippen molar-refractivity contribution in [3.8, 4) is 5.75 Å². The quantitative estimate of drug-likeness (QED) is 0.725. The van der Waals surface area contributed by atoms with Crippen molar-refractivity contribution in [2.24, 2.45) is 5.73 Å². The number of primary amides is 1. The number of hydrogen-bond donors (Lipinski definition) is 2. The Morgan fingerprint density at radius 1 is 1.20 bits per heavy atom. The van der Waals surface area contributed by atoms with Crippen LogP contribution in [-0.2, 0) is 16.6 Å². The number of nitrogens with two attached hydrogens (primary N) is 1. The zero-order chi connectivity index (χ0) is 18.4. The number of aliphatic hydroxyl groups excluding tert-OH is 1. The predicted octanol–water partition coefficient (Wildman–Crippen LogP) is 0.977.